The van der Waals surface area contributed by atoms with Crippen LogP contribution in [0.3, 0.4) is 0 Å². The van der Waals surface area contributed by atoms with Gasteiger partial charge in [0.2, 0.25) is 0 Å². The number of unbranched alkanes of at least 4 members (excludes halogenated alkanes) is 1. The van der Waals surface area contributed by atoms with Crippen molar-refractivity contribution in [3.8, 4) is 22.9 Å². The van der Waals surface area contributed by atoms with Gasteiger partial charge in [0.1, 0.15) is 11.6 Å². The molecule has 0 spiro atoms. The van der Waals surface area contributed by atoms with Crippen molar-refractivity contribution in [3.05, 3.63) is 64.7 Å². The Morgan fingerprint density at radius 3 is 2.60 bits per heavy atom. The molecule has 1 heterocycles. The number of imidazole rings is 1. The molecule has 1 atom stereocenters. The normalized spacial score (nSPS) is 12.2. The first-order chi connectivity index (χ1) is 16.9. The van der Waals surface area contributed by atoms with E-state index in [4.69, 9.17) is 21.1 Å². The van der Waals surface area contributed by atoms with Crippen LogP contribution in [0.2, 0.25) is 5.02 Å². The number of halogens is 2. The van der Waals surface area contributed by atoms with E-state index >= 15 is 0 Å². The first-order valence-electron chi connectivity index (χ1n) is 12.3. The van der Waals surface area contributed by atoms with Crippen LogP contribution in [0.25, 0.3) is 11.4 Å². The predicted octanol–water partition coefficient (Wildman–Crippen LogP) is 6.91. The van der Waals surface area contributed by atoms with Gasteiger partial charge in [0.25, 0.3) is 0 Å². The summed E-state index contributed by atoms with van der Waals surface area (Å²) in [5.74, 6) is 2.25. The first kappa shape index (κ1) is 27.0. The van der Waals surface area contributed by atoms with Gasteiger partial charge in [-0.15, -0.1) is 0 Å². The zero-order valence-electron chi connectivity index (χ0n) is 21.4. The molecule has 3 rings (SSSR count). The molecule has 2 aromatic carbocycles. The van der Waals surface area contributed by atoms with Crippen LogP contribution >= 0.6 is 11.6 Å². The van der Waals surface area contributed by atoms with E-state index in [2.05, 4.69) is 35.6 Å². The molecule has 0 amide bonds. The fourth-order valence-electron chi connectivity index (χ4n) is 4.39. The summed E-state index contributed by atoms with van der Waals surface area (Å²) in [6, 6.07) is 10.8. The van der Waals surface area contributed by atoms with Gasteiger partial charge in [-0.05, 0) is 48.9 Å². The molecule has 1 unspecified atom stereocenters. The number of hydrogen-bond donors (Lipinski definition) is 1. The number of aromatic nitrogens is 2. The number of hydrogen-bond acceptors (Lipinski definition) is 4. The highest BCUT2D eigenvalue weighted by atomic mass is 35.5. The summed E-state index contributed by atoms with van der Waals surface area (Å²) < 4.78 is 27.0. The van der Waals surface area contributed by atoms with Crippen molar-refractivity contribution in [2.24, 2.45) is 5.92 Å². The fourth-order valence-corrected chi connectivity index (χ4v) is 4.70. The lowest BCUT2D eigenvalue weighted by molar-refractivity contribution is 0.354. The minimum absolute atomic E-state index is 0.206. The zero-order chi connectivity index (χ0) is 25.4. The SMILES string of the molecule is CCCCn1c(CNC(Cc2ccc(OC)c(OC)c2Cl)CC(C)C)cnc1-c1cccc(F)c1. The summed E-state index contributed by atoms with van der Waals surface area (Å²) in [6.07, 6.45) is 5.75. The van der Waals surface area contributed by atoms with E-state index in [0.29, 0.717) is 29.0 Å². The van der Waals surface area contributed by atoms with Crippen LogP contribution < -0.4 is 14.8 Å². The molecule has 0 saturated heterocycles. The van der Waals surface area contributed by atoms with Crippen LogP contribution in [-0.2, 0) is 19.5 Å². The summed E-state index contributed by atoms with van der Waals surface area (Å²) in [5.41, 5.74) is 2.90. The summed E-state index contributed by atoms with van der Waals surface area (Å²) in [5, 5.41) is 4.32. The van der Waals surface area contributed by atoms with Crippen molar-refractivity contribution in [1.29, 1.82) is 0 Å². The van der Waals surface area contributed by atoms with Gasteiger partial charge in [-0.1, -0.05) is 57.0 Å². The molecule has 0 aliphatic carbocycles. The molecule has 1 N–H and O–H groups in total. The highest BCUT2D eigenvalue weighted by Crippen LogP contribution is 2.38. The molecule has 3 aromatic rings. The smallest absolute Gasteiger partial charge is 0.179 e. The summed E-state index contributed by atoms with van der Waals surface area (Å²) in [7, 11) is 3.21. The lowest BCUT2D eigenvalue weighted by Crippen LogP contribution is -2.33. The maximum Gasteiger partial charge on any atom is 0.179 e. The Kier molecular flexibility index (Phi) is 9.99. The Morgan fingerprint density at radius 2 is 1.94 bits per heavy atom. The Morgan fingerprint density at radius 1 is 1.14 bits per heavy atom. The molecule has 0 saturated carbocycles. The van der Waals surface area contributed by atoms with E-state index in [9.17, 15) is 4.39 Å². The fraction of sp³-hybridized carbons (Fsp3) is 0.464. The molecule has 35 heavy (non-hydrogen) atoms. The van der Waals surface area contributed by atoms with Crippen LogP contribution in [0.5, 0.6) is 11.5 Å². The Bertz CT molecular complexity index is 1100. The van der Waals surface area contributed by atoms with Crippen molar-refractivity contribution < 1.29 is 13.9 Å². The Labute approximate surface area is 213 Å². The monoisotopic (exact) mass is 501 g/mol. The van der Waals surface area contributed by atoms with Gasteiger partial charge in [-0.3, -0.25) is 0 Å². The quantitative estimate of drug-likeness (QED) is 0.276. The number of nitrogens with zero attached hydrogens (tertiary/aromatic N) is 2. The van der Waals surface area contributed by atoms with Gasteiger partial charge in [0, 0.05) is 24.7 Å². The molecule has 1 aromatic heterocycles. The number of benzene rings is 2. The van der Waals surface area contributed by atoms with Gasteiger partial charge in [0.05, 0.1) is 31.1 Å². The first-order valence-corrected chi connectivity index (χ1v) is 12.7. The lowest BCUT2D eigenvalue weighted by Gasteiger charge is -2.23. The molecule has 0 radical (unpaired) electrons. The molecule has 190 valence electrons. The van der Waals surface area contributed by atoms with Gasteiger partial charge in [0.15, 0.2) is 11.5 Å². The minimum Gasteiger partial charge on any atom is -0.493 e. The third-order valence-corrected chi connectivity index (χ3v) is 6.53. The third-order valence-electron chi connectivity index (χ3n) is 6.12. The lowest BCUT2D eigenvalue weighted by atomic mass is 9.96. The maximum absolute atomic E-state index is 13.9. The standard InChI is InChI=1S/C28H37ClFN3O2/c1-6-7-13-33-24(18-32-28(33)21-9-8-10-22(30)15-21)17-31-23(14-19(2)3)16-20-11-12-25(34-4)27(35-5)26(20)29/h8-12,15,18-19,23,31H,6-7,13-14,16-17H2,1-5H3. The minimum atomic E-state index is -0.254. The second-order valence-electron chi connectivity index (χ2n) is 9.27. The van der Waals surface area contributed by atoms with Gasteiger partial charge in [-0.2, -0.15) is 0 Å². The second kappa shape index (κ2) is 12.9. The molecule has 0 aliphatic rings. The van der Waals surface area contributed by atoms with E-state index in [1.54, 1.807) is 26.4 Å². The van der Waals surface area contributed by atoms with E-state index in [1.807, 2.05) is 24.4 Å². The summed E-state index contributed by atoms with van der Waals surface area (Å²) in [6.45, 7) is 8.11. The largest absolute Gasteiger partial charge is 0.493 e. The molecule has 7 heteroatoms. The Hall–Kier alpha value is -2.57. The van der Waals surface area contributed by atoms with Crippen LogP contribution in [-0.4, -0.2) is 29.8 Å². The highest BCUT2D eigenvalue weighted by Gasteiger charge is 2.19. The van der Waals surface area contributed by atoms with Gasteiger partial charge < -0.3 is 19.4 Å². The van der Waals surface area contributed by atoms with Crippen molar-refractivity contribution in [3.63, 3.8) is 0 Å². The molecule has 5 nitrogen and oxygen atoms in total. The zero-order valence-corrected chi connectivity index (χ0v) is 22.2. The van der Waals surface area contributed by atoms with Crippen LogP contribution in [0.15, 0.2) is 42.6 Å². The topological polar surface area (TPSA) is 48.3 Å². The van der Waals surface area contributed by atoms with Crippen molar-refractivity contribution in [2.45, 2.75) is 65.6 Å². The van der Waals surface area contributed by atoms with Crippen LogP contribution in [0.4, 0.5) is 4.39 Å². The Balaban J connectivity index is 1.83. The molecule has 0 fully saturated rings. The highest BCUT2D eigenvalue weighted by molar-refractivity contribution is 6.33. The summed E-state index contributed by atoms with van der Waals surface area (Å²) >= 11 is 6.68. The third kappa shape index (κ3) is 6.98. The maximum atomic E-state index is 13.9. The average Bonchev–Trinajstić information content (AvgIpc) is 3.24. The van der Waals surface area contributed by atoms with E-state index < -0.39 is 0 Å². The molecule has 0 aliphatic heterocycles. The summed E-state index contributed by atoms with van der Waals surface area (Å²) in [4.78, 5) is 4.66. The molecular formula is C28H37ClFN3O2. The van der Waals surface area contributed by atoms with Gasteiger partial charge in [-0.25, -0.2) is 9.37 Å². The van der Waals surface area contributed by atoms with Crippen molar-refractivity contribution >= 4 is 11.6 Å². The van der Waals surface area contributed by atoms with Crippen molar-refractivity contribution in [1.82, 2.24) is 14.9 Å². The van der Waals surface area contributed by atoms with Crippen LogP contribution in [0, 0.1) is 11.7 Å². The predicted molar refractivity (Wildman–Crippen MR) is 141 cm³/mol. The van der Waals surface area contributed by atoms with E-state index in [-0.39, 0.29) is 11.9 Å². The van der Waals surface area contributed by atoms with Crippen LogP contribution in [0.1, 0.15) is 51.3 Å². The van der Waals surface area contributed by atoms with E-state index in [0.717, 1.165) is 54.9 Å². The number of nitrogens with one attached hydrogen (secondary N) is 1. The van der Waals surface area contributed by atoms with Gasteiger partial charge >= 0.3 is 0 Å². The van der Waals surface area contributed by atoms with E-state index in [1.165, 1.54) is 6.07 Å². The molecule has 0 bridgehead atoms. The van der Waals surface area contributed by atoms with Crippen molar-refractivity contribution in [2.75, 3.05) is 14.2 Å². The number of ether oxygens (including phenoxy) is 2. The second-order valence-corrected chi connectivity index (χ2v) is 9.65. The number of rotatable bonds is 13. The molecular weight excluding hydrogens is 465 g/mol. The average molecular weight is 502 g/mol. The number of methoxy groups -OCH3 is 2.